The summed E-state index contributed by atoms with van der Waals surface area (Å²) in [5.74, 6) is 1.74. The highest BCUT2D eigenvalue weighted by atomic mass is 32.1. The molecule has 0 radical (unpaired) electrons. The third-order valence-electron chi connectivity index (χ3n) is 9.92. The Morgan fingerprint density at radius 2 is 1.81 bits per heavy atom. The van der Waals surface area contributed by atoms with Gasteiger partial charge in [0.2, 0.25) is 5.91 Å². The van der Waals surface area contributed by atoms with Crippen LogP contribution in [0, 0.1) is 6.92 Å². The van der Waals surface area contributed by atoms with Crippen LogP contribution in [0.1, 0.15) is 52.9 Å². The first-order chi connectivity index (χ1) is 25.9. The van der Waals surface area contributed by atoms with Crippen LogP contribution in [0.5, 0.6) is 0 Å². The number of likely N-dealkylation sites (tertiary alicyclic amines) is 1. The average molecular weight is 748 g/mol. The van der Waals surface area contributed by atoms with Gasteiger partial charge in [-0.25, -0.2) is 19.7 Å². The maximum absolute atomic E-state index is 13.3. The number of rotatable bonds is 11. The van der Waals surface area contributed by atoms with E-state index in [1.807, 2.05) is 13.0 Å². The fourth-order valence-electron chi connectivity index (χ4n) is 7.26. The summed E-state index contributed by atoms with van der Waals surface area (Å²) in [6.07, 6.45) is 1.31. The summed E-state index contributed by atoms with van der Waals surface area (Å²) >= 11 is 1.78. The molecule has 0 aliphatic carbocycles. The van der Waals surface area contributed by atoms with Crippen molar-refractivity contribution >= 4 is 57.5 Å². The van der Waals surface area contributed by atoms with E-state index in [4.69, 9.17) is 9.97 Å². The quantitative estimate of drug-likeness (QED) is 0.147. The molecule has 7 rings (SSSR count). The third-order valence-corrected chi connectivity index (χ3v) is 11.2. The summed E-state index contributed by atoms with van der Waals surface area (Å²) in [4.78, 5) is 61.2. The summed E-state index contributed by atoms with van der Waals surface area (Å²) in [5, 5.41) is 17.0. The third kappa shape index (κ3) is 7.85. The molecule has 0 spiro atoms. The largest absolute Gasteiger partial charge is 0.465 e. The van der Waals surface area contributed by atoms with Crippen LogP contribution in [0.3, 0.4) is 0 Å². The van der Waals surface area contributed by atoms with Gasteiger partial charge in [0.05, 0.1) is 29.8 Å². The summed E-state index contributed by atoms with van der Waals surface area (Å²) in [6, 6.07) is 21.5. The number of fused-ring (bicyclic) bond motifs is 1. The molecule has 0 bridgehead atoms. The Morgan fingerprint density at radius 1 is 1.02 bits per heavy atom. The number of carboxylic acid groups (broad SMARTS) is 1. The van der Waals surface area contributed by atoms with Gasteiger partial charge in [0.15, 0.2) is 0 Å². The molecule has 1 unspecified atom stereocenters. The summed E-state index contributed by atoms with van der Waals surface area (Å²) in [6.45, 7) is 8.11. The van der Waals surface area contributed by atoms with Gasteiger partial charge < -0.3 is 35.3 Å². The zero-order valence-corrected chi connectivity index (χ0v) is 31.9. The Balaban J connectivity index is 1.01. The molecule has 2 aromatic carbocycles. The summed E-state index contributed by atoms with van der Waals surface area (Å²) in [5.41, 5.74) is 4.31. The number of carbonyl (C=O) groups is 3. The number of nitrogens with zero attached hydrogens (tertiary/aromatic N) is 7. The first kappa shape index (κ1) is 36.7. The highest BCUT2D eigenvalue weighted by molar-refractivity contribution is 7.15. The maximum atomic E-state index is 13.3. The summed E-state index contributed by atoms with van der Waals surface area (Å²) in [7, 11) is 4.17. The number of pyridine rings is 1. The van der Waals surface area contributed by atoms with Crippen molar-refractivity contribution in [2.24, 2.45) is 0 Å². The van der Waals surface area contributed by atoms with E-state index in [0.717, 1.165) is 29.1 Å². The van der Waals surface area contributed by atoms with Crippen LogP contribution in [0.2, 0.25) is 0 Å². The van der Waals surface area contributed by atoms with Crippen molar-refractivity contribution in [3.63, 3.8) is 0 Å². The lowest BCUT2D eigenvalue weighted by Gasteiger charge is -2.40. The van der Waals surface area contributed by atoms with E-state index >= 15 is 0 Å². The van der Waals surface area contributed by atoms with Crippen molar-refractivity contribution in [2.45, 2.75) is 51.9 Å². The van der Waals surface area contributed by atoms with Crippen molar-refractivity contribution < 1.29 is 19.5 Å². The Labute approximate surface area is 318 Å². The van der Waals surface area contributed by atoms with Crippen molar-refractivity contribution in [1.29, 1.82) is 0 Å². The van der Waals surface area contributed by atoms with Crippen molar-refractivity contribution in [3.05, 3.63) is 94.8 Å². The molecule has 3 aromatic heterocycles. The standard InChI is InChI=1S/C40H45N9O4S/c1-24(35-13-14-36(54-35)32-12-7-6-9-28(32)20-46(4)5)42-38-33-18-37(41-19-34(33)43-25(2)44-38)48-21-29(22-48)45-39(51)27-10-8-11-30(17-27)49(26(3)50)31-15-16-47(23-31)40(52)53/h6-14,17-19,24,29,31H,15-16,20-23H2,1-5H3,(H,45,51)(H,52,53)(H,42,43,44)/t24?,31-/m1/s1. The second-order valence-electron chi connectivity index (χ2n) is 14.3. The Morgan fingerprint density at radius 3 is 2.56 bits per heavy atom. The molecule has 3 amide bonds. The van der Waals surface area contributed by atoms with Crippen molar-refractivity contribution in [1.82, 2.24) is 30.1 Å². The molecule has 3 N–H and O–H groups in total. The van der Waals surface area contributed by atoms with E-state index in [9.17, 15) is 19.5 Å². The molecule has 2 atom stereocenters. The van der Waals surface area contributed by atoms with Gasteiger partial charge in [-0.15, -0.1) is 11.3 Å². The molecule has 2 aliphatic heterocycles. The number of anilines is 3. The monoisotopic (exact) mass is 747 g/mol. The minimum Gasteiger partial charge on any atom is -0.465 e. The van der Waals surface area contributed by atoms with E-state index in [0.29, 0.717) is 43.1 Å². The fourth-order valence-corrected chi connectivity index (χ4v) is 8.34. The normalized spacial score (nSPS) is 16.4. The van der Waals surface area contributed by atoms with Gasteiger partial charge in [-0.3, -0.25) is 9.59 Å². The van der Waals surface area contributed by atoms with Crippen LogP contribution in [0.25, 0.3) is 21.3 Å². The van der Waals surface area contributed by atoms with Gasteiger partial charge in [-0.2, -0.15) is 0 Å². The molecule has 5 heterocycles. The molecule has 54 heavy (non-hydrogen) atoms. The van der Waals surface area contributed by atoms with E-state index in [1.54, 1.807) is 46.7 Å². The number of carbonyl (C=O) groups excluding carboxylic acids is 2. The summed E-state index contributed by atoms with van der Waals surface area (Å²) < 4.78 is 0. The maximum Gasteiger partial charge on any atom is 0.407 e. The highest BCUT2D eigenvalue weighted by Crippen LogP contribution is 2.36. The van der Waals surface area contributed by atoms with Crippen molar-refractivity contribution in [3.8, 4) is 10.4 Å². The van der Waals surface area contributed by atoms with Crippen LogP contribution in [0.4, 0.5) is 22.1 Å². The molecule has 13 nitrogen and oxygen atoms in total. The predicted octanol–water partition coefficient (Wildman–Crippen LogP) is 6.02. The topological polar surface area (TPSA) is 147 Å². The van der Waals surface area contributed by atoms with Crippen LogP contribution in [-0.4, -0.2) is 100 Å². The molecule has 5 aromatic rings. The number of nitrogens with one attached hydrogen (secondary N) is 2. The number of amides is 3. The van der Waals surface area contributed by atoms with Gasteiger partial charge in [0, 0.05) is 66.0 Å². The molecule has 280 valence electrons. The minimum atomic E-state index is -1.00. The number of hydrogen-bond donors (Lipinski definition) is 3. The van der Waals surface area contributed by atoms with Crippen molar-refractivity contribution in [2.75, 3.05) is 55.4 Å². The number of benzene rings is 2. The Bertz CT molecular complexity index is 2200. The van der Waals surface area contributed by atoms with Crippen LogP contribution in [-0.2, 0) is 11.3 Å². The zero-order chi connectivity index (χ0) is 38.1. The lowest BCUT2D eigenvalue weighted by Crippen LogP contribution is -2.59. The number of thiophene rings is 1. The molecular weight excluding hydrogens is 703 g/mol. The Hall–Kier alpha value is -5.60. The second-order valence-corrected chi connectivity index (χ2v) is 15.4. The van der Waals surface area contributed by atoms with Crippen LogP contribution < -0.4 is 20.4 Å². The first-order valence-corrected chi connectivity index (χ1v) is 18.9. The van der Waals surface area contributed by atoms with Gasteiger partial charge in [0.25, 0.3) is 5.91 Å². The number of aryl methyl sites for hydroxylation is 1. The van der Waals surface area contributed by atoms with Crippen LogP contribution >= 0.6 is 11.3 Å². The highest BCUT2D eigenvalue weighted by Gasteiger charge is 2.34. The molecule has 2 fully saturated rings. The smallest absolute Gasteiger partial charge is 0.407 e. The second kappa shape index (κ2) is 15.4. The average Bonchev–Trinajstić information content (AvgIpc) is 3.81. The number of aromatic nitrogens is 3. The molecule has 2 saturated heterocycles. The molecule has 14 heteroatoms. The Kier molecular flexibility index (Phi) is 10.5. The van der Waals surface area contributed by atoms with Gasteiger partial charge >= 0.3 is 6.09 Å². The van der Waals surface area contributed by atoms with Gasteiger partial charge in [-0.1, -0.05) is 30.3 Å². The van der Waals surface area contributed by atoms with Gasteiger partial charge in [-0.05, 0) is 81.9 Å². The number of hydrogen-bond acceptors (Lipinski definition) is 10. The van der Waals surface area contributed by atoms with Crippen LogP contribution in [0.15, 0.2) is 72.9 Å². The lowest BCUT2D eigenvalue weighted by atomic mass is 10.1. The fraction of sp³-hybridized carbons (Fsp3) is 0.350. The SMILES string of the molecule is CC(=O)N(c1cccc(C(=O)NC2CN(c3cc4c(NC(C)c5ccc(-c6ccccc6CN(C)C)s5)nc(C)nc4cn3)C2)c1)[C@@H]1CCN(C(=O)O)C1. The molecule has 0 saturated carbocycles. The molecular formula is C40H45N9O4S. The zero-order valence-electron chi connectivity index (χ0n) is 31.1. The predicted molar refractivity (Wildman–Crippen MR) is 212 cm³/mol. The van der Waals surface area contributed by atoms with E-state index in [2.05, 4.69) is 82.8 Å². The van der Waals surface area contributed by atoms with E-state index in [-0.39, 0.29) is 36.5 Å². The first-order valence-electron chi connectivity index (χ1n) is 18.1. The van der Waals surface area contributed by atoms with E-state index < -0.39 is 6.09 Å². The lowest BCUT2D eigenvalue weighted by molar-refractivity contribution is -0.117. The molecule has 2 aliphatic rings. The van der Waals surface area contributed by atoms with E-state index in [1.165, 1.54) is 32.7 Å². The van der Waals surface area contributed by atoms with Gasteiger partial charge in [0.1, 0.15) is 17.5 Å². The minimum absolute atomic E-state index is 0.00102.